The molecule has 7 heteroatoms. The Balaban J connectivity index is 1.59. The monoisotopic (exact) mass is 287 g/mol. The average molecular weight is 287 g/mol. The molecule has 110 valence electrons. The number of nitrogens with one attached hydrogen (secondary N) is 2. The molecule has 0 unspecified atom stereocenters. The third kappa shape index (κ3) is 2.29. The Morgan fingerprint density at radius 1 is 1.29 bits per heavy atom. The van der Waals surface area contributed by atoms with E-state index >= 15 is 0 Å². The van der Waals surface area contributed by atoms with Crippen molar-refractivity contribution in [3.8, 4) is 22.9 Å². The fraction of sp³-hybridized carbons (Fsp3) is 0.429. The van der Waals surface area contributed by atoms with Crippen molar-refractivity contribution in [3.05, 3.63) is 18.2 Å². The summed E-state index contributed by atoms with van der Waals surface area (Å²) in [4.78, 5) is 6.79. The van der Waals surface area contributed by atoms with E-state index in [0.29, 0.717) is 6.04 Å². The van der Waals surface area contributed by atoms with Crippen molar-refractivity contribution in [3.63, 3.8) is 0 Å². The average Bonchev–Trinajstić information content (AvgIpc) is 3.15. The van der Waals surface area contributed by atoms with Crippen molar-refractivity contribution >= 4 is 5.95 Å². The number of rotatable bonds is 2. The molecule has 1 saturated heterocycles. The second-order valence-electron chi connectivity index (χ2n) is 5.35. The van der Waals surface area contributed by atoms with Crippen molar-refractivity contribution < 1.29 is 9.47 Å². The van der Waals surface area contributed by atoms with Gasteiger partial charge in [0.25, 0.3) is 0 Å². The van der Waals surface area contributed by atoms with Crippen molar-refractivity contribution in [2.45, 2.75) is 13.0 Å². The molecule has 2 aliphatic rings. The van der Waals surface area contributed by atoms with Crippen LogP contribution in [0.15, 0.2) is 18.2 Å². The Morgan fingerprint density at radius 2 is 2.19 bits per heavy atom. The number of piperazine rings is 1. The highest BCUT2D eigenvalue weighted by Crippen LogP contribution is 2.35. The lowest BCUT2D eigenvalue weighted by Crippen LogP contribution is -2.49. The van der Waals surface area contributed by atoms with Crippen LogP contribution in [0, 0.1) is 0 Å². The van der Waals surface area contributed by atoms with E-state index in [4.69, 9.17) is 9.47 Å². The van der Waals surface area contributed by atoms with Crippen LogP contribution in [-0.2, 0) is 0 Å². The van der Waals surface area contributed by atoms with Crippen LogP contribution in [0.1, 0.15) is 6.92 Å². The number of benzene rings is 1. The highest BCUT2D eigenvalue weighted by molar-refractivity contribution is 5.62. The van der Waals surface area contributed by atoms with Crippen LogP contribution in [-0.4, -0.2) is 47.7 Å². The standard InChI is InChI=1S/C14H17N5O2/c1-9-7-19(5-4-15-9)14-16-13(17-18-14)10-2-3-11-12(6-10)21-8-20-11/h2-3,6,9,15H,4-5,7-8H2,1H3,(H,16,17,18)/t9-/m0/s1. The number of hydrogen-bond acceptors (Lipinski definition) is 6. The molecule has 7 nitrogen and oxygen atoms in total. The molecule has 0 saturated carbocycles. The molecule has 0 spiro atoms. The summed E-state index contributed by atoms with van der Waals surface area (Å²) < 4.78 is 10.7. The van der Waals surface area contributed by atoms with Crippen molar-refractivity contribution in [1.82, 2.24) is 20.5 Å². The molecule has 3 heterocycles. The largest absolute Gasteiger partial charge is 0.454 e. The predicted octanol–water partition coefficient (Wildman–Crippen LogP) is 0.998. The second-order valence-corrected chi connectivity index (χ2v) is 5.35. The van der Waals surface area contributed by atoms with Gasteiger partial charge < -0.3 is 19.7 Å². The Morgan fingerprint density at radius 3 is 3.10 bits per heavy atom. The highest BCUT2D eigenvalue weighted by atomic mass is 16.7. The Hall–Kier alpha value is -2.28. The van der Waals surface area contributed by atoms with E-state index in [2.05, 4.69) is 32.3 Å². The molecule has 0 bridgehead atoms. The van der Waals surface area contributed by atoms with Gasteiger partial charge in [-0.3, -0.25) is 5.10 Å². The lowest BCUT2D eigenvalue weighted by molar-refractivity contribution is 0.174. The van der Waals surface area contributed by atoms with Crippen LogP contribution >= 0.6 is 0 Å². The van der Waals surface area contributed by atoms with Gasteiger partial charge in [0, 0.05) is 31.2 Å². The fourth-order valence-electron chi connectivity index (χ4n) is 2.68. The molecule has 2 aliphatic heterocycles. The van der Waals surface area contributed by atoms with E-state index in [1.165, 1.54) is 0 Å². The van der Waals surface area contributed by atoms with E-state index < -0.39 is 0 Å². The molecule has 0 amide bonds. The first-order valence-corrected chi connectivity index (χ1v) is 7.10. The Kier molecular flexibility index (Phi) is 2.92. The predicted molar refractivity (Wildman–Crippen MR) is 77.6 cm³/mol. The fourth-order valence-corrected chi connectivity index (χ4v) is 2.68. The minimum absolute atomic E-state index is 0.277. The highest BCUT2D eigenvalue weighted by Gasteiger charge is 2.20. The summed E-state index contributed by atoms with van der Waals surface area (Å²) in [6.45, 7) is 5.23. The van der Waals surface area contributed by atoms with Crippen molar-refractivity contribution in [2.24, 2.45) is 0 Å². The molecule has 21 heavy (non-hydrogen) atoms. The van der Waals surface area contributed by atoms with Gasteiger partial charge in [0.15, 0.2) is 17.3 Å². The van der Waals surface area contributed by atoms with Gasteiger partial charge in [-0.15, -0.1) is 5.10 Å². The van der Waals surface area contributed by atoms with Gasteiger partial charge >= 0.3 is 0 Å². The van der Waals surface area contributed by atoms with Gasteiger partial charge in [-0.25, -0.2) is 0 Å². The van der Waals surface area contributed by atoms with E-state index in [1.54, 1.807) is 0 Å². The molecule has 1 aromatic carbocycles. The van der Waals surface area contributed by atoms with Crippen LogP contribution in [0.25, 0.3) is 11.4 Å². The molecule has 0 radical (unpaired) electrons. The van der Waals surface area contributed by atoms with Crippen LogP contribution < -0.4 is 19.7 Å². The van der Waals surface area contributed by atoms with Gasteiger partial charge in [0.1, 0.15) is 0 Å². The summed E-state index contributed by atoms with van der Waals surface area (Å²) >= 11 is 0. The summed E-state index contributed by atoms with van der Waals surface area (Å²) in [5.74, 6) is 3.01. The van der Waals surface area contributed by atoms with Gasteiger partial charge in [-0.1, -0.05) is 0 Å². The van der Waals surface area contributed by atoms with Crippen LogP contribution in [0.5, 0.6) is 11.5 Å². The quantitative estimate of drug-likeness (QED) is 0.858. The molecule has 0 aliphatic carbocycles. The zero-order valence-corrected chi connectivity index (χ0v) is 11.8. The number of ether oxygens (including phenoxy) is 2. The van der Waals surface area contributed by atoms with Gasteiger partial charge in [-0.05, 0) is 25.1 Å². The molecule has 1 atom stereocenters. The summed E-state index contributed by atoms with van der Waals surface area (Å²) in [6, 6.07) is 6.23. The number of aromatic amines is 1. The zero-order chi connectivity index (χ0) is 14.2. The van der Waals surface area contributed by atoms with E-state index in [1.807, 2.05) is 18.2 Å². The summed E-state index contributed by atoms with van der Waals surface area (Å²) in [5, 5.41) is 10.8. The van der Waals surface area contributed by atoms with Crippen LogP contribution in [0.4, 0.5) is 5.95 Å². The first-order chi connectivity index (χ1) is 10.3. The normalized spacial score (nSPS) is 20.8. The smallest absolute Gasteiger partial charge is 0.245 e. The Labute approximate surface area is 122 Å². The number of anilines is 1. The van der Waals surface area contributed by atoms with E-state index in [9.17, 15) is 0 Å². The maximum atomic E-state index is 5.39. The number of aromatic nitrogens is 3. The third-order valence-corrected chi connectivity index (χ3v) is 3.77. The molecule has 2 aromatic rings. The molecule has 2 N–H and O–H groups in total. The summed E-state index contributed by atoms with van der Waals surface area (Å²) in [6.07, 6.45) is 0. The van der Waals surface area contributed by atoms with Crippen LogP contribution in [0.2, 0.25) is 0 Å². The molecule has 1 fully saturated rings. The molecule has 4 rings (SSSR count). The maximum absolute atomic E-state index is 5.39. The van der Waals surface area contributed by atoms with Gasteiger partial charge in [-0.2, -0.15) is 4.98 Å². The van der Waals surface area contributed by atoms with Crippen molar-refractivity contribution in [1.29, 1.82) is 0 Å². The Bertz CT molecular complexity index is 657. The molecule has 1 aromatic heterocycles. The lowest BCUT2D eigenvalue weighted by Gasteiger charge is -2.30. The third-order valence-electron chi connectivity index (χ3n) is 3.77. The maximum Gasteiger partial charge on any atom is 0.245 e. The molecular formula is C14H17N5O2. The van der Waals surface area contributed by atoms with Gasteiger partial charge in [0.05, 0.1) is 0 Å². The first-order valence-electron chi connectivity index (χ1n) is 7.10. The summed E-state index contributed by atoms with van der Waals surface area (Å²) in [7, 11) is 0. The number of hydrogen-bond donors (Lipinski definition) is 2. The van der Waals surface area contributed by atoms with Crippen LogP contribution in [0.3, 0.4) is 0 Å². The minimum Gasteiger partial charge on any atom is -0.454 e. The lowest BCUT2D eigenvalue weighted by atomic mass is 10.2. The topological polar surface area (TPSA) is 75.3 Å². The second kappa shape index (κ2) is 4.92. The number of H-pyrrole nitrogens is 1. The molecular weight excluding hydrogens is 270 g/mol. The number of nitrogens with zero attached hydrogens (tertiary/aromatic N) is 3. The SMILES string of the molecule is C[C@H]1CN(c2n[nH]c(-c3ccc4c(c3)OCO4)n2)CCN1. The zero-order valence-electron chi connectivity index (χ0n) is 11.8. The van der Waals surface area contributed by atoms with E-state index in [0.717, 1.165) is 48.5 Å². The summed E-state index contributed by atoms with van der Waals surface area (Å²) in [5.41, 5.74) is 0.946. The minimum atomic E-state index is 0.277. The van der Waals surface area contributed by atoms with E-state index in [-0.39, 0.29) is 6.79 Å². The first kappa shape index (κ1) is 12.5. The van der Waals surface area contributed by atoms with Crippen molar-refractivity contribution in [2.75, 3.05) is 31.3 Å². The number of fused-ring (bicyclic) bond motifs is 1. The van der Waals surface area contributed by atoms with Gasteiger partial charge in [0.2, 0.25) is 12.7 Å².